The van der Waals surface area contributed by atoms with Crippen LogP contribution in [0.5, 0.6) is 0 Å². The first kappa shape index (κ1) is 43.9. The Labute approximate surface area is 280 Å². The standard InChI is InChI=1S/C40H78O5/c1-4-6-7-8-9-20-24-27-30-33-39(42)44-36-38(35-41)45-40(43)34-31-28-25-22-19-17-15-13-11-10-12-14-16-18-21-23-26-29-32-37(3)5-2/h37-38,41H,4-36H2,1-3H3/t37?,38-/m0/s1. The average Bonchev–Trinajstić information content (AvgIpc) is 3.04. The highest BCUT2D eigenvalue weighted by Crippen LogP contribution is 2.17. The molecule has 45 heavy (non-hydrogen) atoms. The van der Waals surface area contributed by atoms with Gasteiger partial charge in [-0.25, -0.2) is 0 Å². The number of rotatable bonds is 36. The zero-order valence-corrected chi connectivity index (χ0v) is 30.6. The van der Waals surface area contributed by atoms with E-state index in [0.717, 1.165) is 44.4 Å². The van der Waals surface area contributed by atoms with E-state index in [-0.39, 0.29) is 25.2 Å². The summed E-state index contributed by atoms with van der Waals surface area (Å²) in [5, 5.41) is 9.52. The molecule has 0 aromatic heterocycles. The number of hydrogen-bond acceptors (Lipinski definition) is 5. The second-order valence-corrected chi connectivity index (χ2v) is 14.0. The summed E-state index contributed by atoms with van der Waals surface area (Å²) < 4.78 is 10.6. The van der Waals surface area contributed by atoms with Crippen LogP contribution < -0.4 is 0 Å². The number of carbonyl (C=O) groups is 2. The molecular formula is C40H78O5. The lowest BCUT2D eigenvalue weighted by Crippen LogP contribution is -2.28. The van der Waals surface area contributed by atoms with Gasteiger partial charge in [-0.05, 0) is 18.8 Å². The van der Waals surface area contributed by atoms with E-state index in [1.165, 1.54) is 148 Å². The number of hydrogen-bond donors (Lipinski definition) is 1. The average molecular weight is 639 g/mol. The molecule has 0 fully saturated rings. The predicted molar refractivity (Wildman–Crippen MR) is 192 cm³/mol. The molecule has 0 saturated carbocycles. The second-order valence-electron chi connectivity index (χ2n) is 14.0. The fourth-order valence-corrected chi connectivity index (χ4v) is 6.00. The first-order chi connectivity index (χ1) is 22.0. The molecule has 0 aliphatic rings. The molecule has 0 radical (unpaired) electrons. The van der Waals surface area contributed by atoms with E-state index in [2.05, 4.69) is 20.8 Å². The van der Waals surface area contributed by atoms with E-state index in [1.807, 2.05) is 0 Å². The van der Waals surface area contributed by atoms with Gasteiger partial charge in [-0.2, -0.15) is 0 Å². The summed E-state index contributed by atoms with van der Waals surface area (Å²) in [4.78, 5) is 24.1. The van der Waals surface area contributed by atoms with Crippen LogP contribution in [0.2, 0.25) is 0 Å². The van der Waals surface area contributed by atoms with Crippen LogP contribution in [-0.4, -0.2) is 36.4 Å². The molecule has 2 atom stereocenters. The van der Waals surface area contributed by atoms with Crippen molar-refractivity contribution in [3.8, 4) is 0 Å². The Morgan fingerprint density at radius 1 is 0.511 bits per heavy atom. The lowest BCUT2D eigenvalue weighted by molar-refractivity contribution is -0.161. The third-order valence-electron chi connectivity index (χ3n) is 9.44. The molecule has 0 amide bonds. The molecule has 1 N–H and O–H groups in total. The first-order valence-electron chi connectivity index (χ1n) is 20.0. The van der Waals surface area contributed by atoms with E-state index >= 15 is 0 Å². The Bertz CT molecular complexity index is 622. The molecule has 0 rings (SSSR count). The summed E-state index contributed by atoms with van der Waals surface area (Å²) in [5.74, 6) is 0.335. The van der Waals surface area contributed by atoms with Gasteiger partial charge in [-0.15, -0.1) is 0 Å². The zero-order chi connectivity index (χ0) is 33.1. The molecular weight excluding hydrogens is 560 g/mol. The molecule has 5 heteroatoms. The van der Waals surface area contributed by atoms with Gasteiger partial charge in [0.05, 0.1) is 6.61 Å². The molecule has 0 heterocycles. The van der Waals surface area contributed by atoms with E-state index in [1.54, 1.807) is 0 Å². The van der Waals surface area contributed by atoms with Crippen molar-refractivity contribution in [3.63, 3.8) is 0 Å². The summed E-state index contributed by atoms with van der Waals surface area (Å²) in [7, 11) is 0. The Balaban J connectivity index is 3.44. The highest BCUT2D eigenvalue weighted by atomic mass is 16.6. The van der Waals surface area contributed by atoms with Gasteiger partial charge < -0.3 is 14.6 Å². The van der Waals surface area contributed by atoms with Crippen molar-refractivity contribution in [2.45, 2.75) is 226 Å². The SMILES string of the molecule is CCCCCCCCCCCC(=O)OC[C@H](CO)OC(=O)CCCCCCCCCCCCCCCCCCCCC(C)CC. The third kappa shape index (κ3) is 34.1. The number of aliphatic hydroxyl groups is 1. The van der Waals surface area contributed by atoms with Crippen LogP contribution in [0.4, 0.5) is 0 Å². The fraction of sp³-hybridized carbons (Fsp3) is 0.950. The highest BCUT2D eigenvalue weighted by molar-refractivity contribution is 5.70. The van der Waals surface area contributed by atoms with Crippen molar-refractivity contribution in [2.75, 3.05) is 13.2 Å². The van der Waals surface area contributed by atoms with Crippen molar-refractivity contribution in [1.82, 2.24) is 0 Å². The van der Waals surface area contributed by atoms with E-state index in [4.69, 9.17) is 9.47 Å². The van der Waals surface area contributed by atoms with Crippen molar-refractivity contribution in [1.29, 1.82) is 0 Å². The topological polar surface area (TPSA) is 72.8 Å². The normalized spacial score (nSPS) is 12.7. The quantitative estimate of drug-likeness (QED) is 0.0546. The van der Waals surface area contributed by atoms with Crippen molar-refractivity contribution in [2.24, 2.45) is 5.92 Å². The lowest BCUT2D eigenvalue weighted by atomic mass is 9.99. The predicted octanol–water partition coefficient (Wildman–Crippen LogP) is 12.2. The summed E-state index contributed by atoms with van der Waals surface area (Å²) >= 11 is 0. The highest BCUT2D eigenvalue weighted by Gasteiger charge is 2.16. The van der Waals surface area contributed by atoms with Crippen LogP contribution in [0, 0.1) is 5.92 Å². The first-order valence-corrected chi connectivity index (χ1v) is 20.0. The minimum absolute atomic E-state index is 0.0582. The summed E-state index contributed by atoms with van der Waals surface area (Å²) in [6.45, 7) is 6.54. The molecule has 1 unspecified atom stereocenters. The Morgan fingerprint density at radius 2 is 0.867 bits per heavy atom. The van der Waals surface area contributed by atoms with Gasteiger partial charge in [0.15, 0.2) is 6.10 Å². The van der Waals surface area contributed by atoms with E-state index < -0.39 is 6.10 Å². The van der Waals surface area contributed by atoms with Crippen molar-refractivity contribution < 1.29 is 24.2 Å². The number of ether oxygens (including phenoxy) is 2. The van der Waals surface area contributed by atoms with Gasteiger partial charge in [0.25, 0.3) is 0 Å². The van der Waals surface area contributed by atoms with Gasteiger partial charge in [-0.3, -0.25) is 9.59 Å². The minimum atomic E-state index is -0.761. The molecule has 0 aromatic rings. The largest absolute Gasteiger partial charge is 0.462 e. The van der Waals surface area contributed by atoms with Gasteiger partial charge in [0.1, 0.15) is 6.61 Å². The van der Waals surface area contributed by atoms with Gasteiger partial charge in [-0.1, -0.05) is 194 Å². The molecule has 268 valence electrons. The molecule has 0 aliphatic carbocycles. The lowest BCUT2D eigenvalue weighted by Gasteiger charge is -2.15. The Kier molecular flexibility index (Phi) is 34.9. The Morgan fingerprint density at radius 3 is 1.24 bits per heavy atom. The fourth-order valence-electron chi connectivity index (χ4n) is 6.00. The second kappa shape index (κ2) is 35.7. The van der Waals surface area contributed by atoms with Crippen molar-refractivity contribution >= 4 is 11.9 Å². The van der Waals surface area contributed by atoms with E-state index in [0.29, 0.717) is 12.8 Å². The molecule has 0 saturated heterocycles. The van der Waals surface area contributed by atoms with Crippen molar-refractivity contribution in [3.05, 3.63) is 0 Å². The molecule has 0 aromatic carbocycles. The Hall–Kier alpha value is -1.10. The maximum absolute atomic E-state index is 12.1. The maximum Gasteiger partial charge on any atom is 0.306 e. The van der Waals surface area contributed by atoms with Crippen LogP contribution in [-0.2, 0) is 19.1 Å². The molecule has 0 spiro atoms. The number of unbranched alkanes of at least 4 members (excludes halogenated alkanes) is 25. The number of aliphatic hydroxyl groups excluding tert-OH is 1. The van der Waals surface area contributed by atoms with Crippen LogP contribution in [0.1, 0.15) is 220 Å². The molecule has 0 aliphatic heterocycles. The molecule has 5 nitrogen and oxygen atoms in total. The van der Waals surface area contributed by atoms with Crippen LogP contribution in [0.3, 0.4) is 0 Å². The third-order valence-corrected chi connectivity index (χ3v) is 9.44. The number of carbonyl (C=O) groups excluding carboxylic acids is 2. The number of esters is 2. The summed E-state index contributed by atoms with van der Waals surface area (Å²) in [6, 6.07) is 0. The van der Waals surface area contributed by atoms with Gasteiger partial charge in [0.2, 0.25) is 0 Å². The maximum atomic E-state index is 12.1. The van der Waals surface area contributed by atoms with Gasteiger partial charge >= 0.3 is 11.9 Å². The van der Waals surface area contributed by atoms with Gasteiger partial charge in [0, 0.05) is 12.8 Å². The summed E-state index contributed by atoms with van der Waals surface area (Å²) in [6.07, 6.45) is 37.4. The zero-order valence-electron chi connectivity index (χ0n) is 30.6. The minimum Gasteiger partial charge on any atom is -0.462 e. The monoisotopic (exact) mass is 639 g/mol. The molecule has 0 bridgehead atoms. The van der Waals surface area contributed by atoms with Crippen LogP contribution >= 0.6 is 0 Å². The smallest absolute Gasteiger partial charge is 0.306 e. The van der Waals surface area contributed by atoms with Crippen LogP contribution in [0.15, 0.2) is 0 Å². The van der Waals surface area contributed by atoms with E-state index in [9.17, 15) is 14.7 Å². The van der Waals surface area contributed by atoms with Crippen LogP contribution in [0.25, 0.3) is 0 Å². The summed E-state index contributed by atoms with van der Waals surface area (Å²) in [5.41, 5.74) is 0.